The molecule has 2 amide bonds. The lowest BCUT2D eigenvalue weighted by atomic mass is 9.54. The fourth-order valence-electron chi connectivity index (χ4n) is 12.1. The van der Waals surface area contributed by atoms with Crippen molar-refractivity contribution < 1.29 is 93.8 Å². The van der Waals surface area contributed by atoms with Crippen LogP contribution in [-0.2, 0) is 38.3 Å². The Bertz CT molecular complexity index is 3070. The largest absolute Gasteiger partial charge is 0.508 e. The summed E-state index contributed by atoms with van der Waals surface area (Å²) in [7, 11) is 5.74. The van der Waals surface area contributed by atoms with Crippen molar-refractivity contribution in [2.45, 2.75) is 81.9 Å². The van der Waals surface area contributed by atoms with E-state index in [0.29, 0.717) is 11.1 Å². The monoisotopic (exact) mass is 1010 g/mol. The van der Waals surface area contributed by atoms with E-state index < -0.39 is 180 Å². The average Bonchev–Trinajstić information content (AvgIpc) is 3.28. The number of carbonyl (C=O) groups excluding carboxylic acids is 9. The van der Waals surface area contributed by atoms with E-state index in [1.165, 1.54) is 76.1 Å². The minimum Gasteiger partial charge on any atom is -0.508 e. The summed E-state index contributed by atoms with van der Waals surface area (Å²) in [6.45, 7) is 6.72. The van der Waals surface area contributed by atoms with Crippen LogP contribution in [0.1, 0.15) is 89.4 Å². The number of esters is 1. The van der Waals surface area contributed by atoms with Gasteiger partial charge in [-0.05, 0) is 77.1 Å². The Kier molecular flexibility index (Phi) is 13.0. The molecule has 0 bridgehead atoms. The third-order valence-corrected chi connectivity index (χ3v) is 15.3. The first-order valence-corrected chi connectivity index (χ1v) is 22.7. The quantitative estimate of drug-likeness (QED) is 0.0985. The van der Waals surface area contributed by atoms with Crippen LogP contribution in [0.4, 0.5) is 0 Å². The van der Waals surface area contributed by atoms with Crippen molar-refractivity contribution in [3.8, 4) is 11.5 Å². The third-order valence-electron chi connectivity index (χ3n) is 15.3. The molecular weight excluding hydrogens is 961 g/mol. The zero-order valence-electron chi connectivity index (χ0n) is 40.7. The molecule has 388 valence electrons. The van der Waals surface area contributed by atoms with Crippen LogP contribution < -0.4 is 11.5 Å². The molecule has 6 aliphatic carbocycles. The molecule has 0 aliphatic heterocycles. The van der Waals surface area contributed by atoms with Gasteiger partial charge in [0, 0.05) is 29.9 Å². The van der Waals surface area contributed by atoms with Crippen LogP contribution in [0, 0.1) is 23.7 Å². The van der Waals surface area contributed by atoms with Crippen molar-refractivity contribution in [2.75, 3.05) is 28.2 Å². The van der Waals surface area contributed by atoms with Crippen LogP contribution in [0.2, 0.25) is 0 Å². The molecular formula is C50H54N4O19. The maximum absolute atomic E-state index is 14.1. The molecule has 0 aromatic heterocycles. The lowest BCUT2D eigenvalue weighted by Gasteiger charge is -2.54. The number of primary amides is 2. The van der Waals surface area contributed by atoms with E-state index in [1.54, 1.807) is 13.8 Å². The zero-order valence-corrected chi connectivity index (χ0v) is 40.7. The van der Waals surface area contributed by atoms with Gasteiger partial charge in [0.15, 0.2) is 34.3 Å². The smallest absolute Gasteiger partial charge is 0.302 e. The van der Waals surface area contributed by atoms with E-state index in [9.17, 15) is 89.1 Å². The molecule has 0 unspecified atom stereocenters. The van der Waals surface area contributed by atoms with Gasteiger partial charge in [-0.1, -0.05) is 26.0 Å². The van der Waals surface area contributed by atoms with Crippen molar-refractivity contribution in [1.82, 2.24) is 9.80 Å². The van der Waals surface area contributed by atoms with Crippen molar-refractivity contribution in [3.63, 3.8) is 0 Å². The minimum atomic E-state index is -3.02. The normalized spacial score (nSPS) is 31.4. The summed E-state index contributed by atoms with van der Waals surface area (Å²) >= 11 is 0. The van der Waals surface area contributed by atoms with Gasteiger partial charge in [0.2, 0.25) is 11.6 Å². The number of ether oxygens (including phenoxy) is 1. The highest BCUT2D eigenvalue weighted by molar-refractivity contribution is 6.26. The summed E-state index contributed by atoms with van der Waals surface area (Å²) in [5.41, 5.74) is 1.58. The number of fused-ring (bicyclic) bond motifs is 6. The maximum Gasteiger partial charge on any atom is 0.302 e. The number of hydrogen-bond acceptors (Lipinski definition) is 21. The van der Waals surface area contributed by atoms with Gasteiger partial charge < -0.3 is 62.2 Å². The van der Waals surface area contributed by atoms with Crippen LogP contribution in [0.5, 0.6) is 11.5 Å². The van der Waals surface area contributed by atoms with E-state index in [4.69, 9.17) is 16.2 Å². The van der Waals surface area contributed by atoms with Gasteiger partial charge >= 0.3 is 5.97 Å². The lowest BCUT2D eigenvalue weighted by Crippen LogP contribution is -2.71. The number of amides is 2. The van der Waals surface area contributed by atoms with E-state index in [0.717, 1.165) is 6.92 Å². The minimum absolute atomic E-state index is 0.114. The Morgan fingerprint density at radius 1 is 0.589 bits per heavy atom. The van der Waals surface area contributed by atoms with Crippen molar-refractivity contribution in [3.05, 3.63) is 91.5 Å². The molecule has 73 heavy (non-hydrogen) atoms. The van der Waals surface area contributed by atoms with Gasteiger partial charge in [-0.15, -0.1) is 0 Å². The van der Waals surface area contributed by atoms with E-state index in [1.807, 2.05) is 0 Å². The maximum atomic E-state index is 14.1. The number of phenols is 2. The summed E-state index contributed by atoms with van der Waals surface area (Å²) in [6, 6.07) is 2.82. The van der Waals surface area contributed by atoms with Crippen LogP contribution in [0.3, 0.4) is 0 Å². The molecule has 2 aromatic rings. The topological polar surface area (TPSA) is 403 Å². The lowest BCUT2D eigenvalue weighted by molar-refractivity contribution is -0.184. The number of Topliss-reactive ketones (excluding diaryl/α,β-unsaturated/α-hetero) is 6. The molecule has 0 heterocycles. The molecule has 23 heteroatoms. The predicted octanol–water partition coefficient (Wildman–Crippen LogP) is -0.0324. The van der Waals surface area contributed by atoms with Crippen LogP contribution in [-0.4, -0.2) is 172 Å². The van der Waals surface area contributed by atoms with Crippen LogP contribution >= 0.6 is 0 Å². The van der Waals surface area contributed by atoms with E-state index >= 15 is 0 Å². The molecule has 8 rings (SSSR count). The number of aliphatic hydroxyl groups excluding tert-OH is 5. The Labute approximate surface area is 414 Å². The third kappa shape index (κ3) is 7.23. The van der Waals surface area contributed by atoms with Crippen molar-refractivity contribution in [2.24, 2.45) is 35.1 Å². The molecule has 2 saturated carbocycles. The van der Waals surface area contributed by atoms with Gasteiger partial charge in [0.25, 0.3) is 11.8 Å². The number of ketones is 6. The van der Waals surface area contributed by atoms with Gasteiger partial charge in [-0.25, -0.2) is 0 Å². The molecule has 0 radical (unpaired) electrons. The zero-order chi connectivity index (χ0) is 54.9. The molecule has 13 N–H and O–H groups in total. The Hall–Kier alpha value is -7.57. The number of nitrogens with two attached hydrogens (primary N) is 2. The van der Waals surface area contributed by atoms with Crippen molar-refractivity contribution >= 4 is 64.0 Å². The number of aromatic hydroxyl groups is 2. The second kappa shape index (κ2) is 17.9. The molecule has 12 atom stereocenters. The number of benzene rings is 2. The number of hydrogen-bond donors (Lipinski definition) is 11. The Morgan fingerprint density at radius 3 is 1.30 bits per heavy atom. The van der Waals surface area contributed by atoms with Crippen LogP contribution in [0.25, 0.3) is 11.5 Å². The van der Waals surface area contributed by atoms with E-state index in [-0.39, 0.29) is 22.3 Å². The highest BCUT2D eigenvalue weighted by atomic mass is 16.5. The Morgan fingerprint density at radius 2 is 0.945 bits per heavy atom. The van der Waals surface area contributed by atoms with Gasteiger partial charge in [0.05, 0.1) is 52.3 Å². The highest BCUT2D eigenvalue weighted by Gasteiger charge is 2.71. The fraction of sp³-hybridized carbons (Fsp3) is 0.420. The molecule has 2 fully saturated rings. The first kappa shape index (κ1) is 53.2. The Balaban J connectivity index is 0.000000214. The summed E-state index contributed by atoms with van der Waals surface area (Å²) in [6.07, 6.45) is -3.14. The summed E-state index contributed by atoms with van der Waals surface area (Å²) in [5, 5.41) is 101. The molecule has 6 aliphatic rings. The second-order valence-corrected chi connectivity index (χ2v) is 19.6. The number of carbonyl (C=O) groups is 9. The molecule has 23 nitrogen and oxygen atoms in total. The first-order chi connectivity index (χ1) is 33.8. The standard InChI is InChI=1S/C26H28N2O10.C24H26N2O9/c1-8-11-6-7-12(9(2)29)19(31)14(11)20(32)15-13(8)22(38-10(3)30)17-18(28(4)5)21(33)16(25(27)36)24(35)26(17,37)23(15)34;1-7-9-5-6-10(8(2)27)17(28)12(9)18(29)13-11(7)19(30)15-16(26(3)4)20(31)14(23(25)34)22(33)24(15,35)21(13)32/h6-8,13,17-18,22,31-32,35,37H,1-5H3,(H2,27,36);5-7,11,15-16,19,28-30,33,35H,1-4H3,(H2,25,34)/t8-,13+,17+,18-,22-,26-;7-,11+,15+,16-,19-,24-/m00/s1. The van der Waals surface area contributed by atoms with Gasteiger partial charge in [0.1, 0.15) is 51.8 Å². The van der Waals surface area contributed by atoms with Gasteiger partial charge in [-0.2, -0.15) is 0 Å². The van der Waals surface area contributed by atoms with Crippen LogP contribution in [0.15, 0.2) is 58.1 Å². The first-order valence-electron chi connectivity index (χ1n) is 22.7. The number of phenolic OH excluding ortho intramolecular Hbond substituents is 2. The number of nitrogens with zero attached hydrogens (tertiary/aromatic N) is 2. The highest BCUT2D eigenvalue weighted by Crippen LogP contribution is 2.59. The average molecular weight is 1010 g/mol. The molecule has 0 saturated heterocycles. The molecule has 0 spiro atoms. The fourth-order valence-corrected chi connectivity index (χ4v) is 12.1. The molecule has 2 aromatic carbocycles. The number of aliphatic hydroxyl groups is 7. The summed E-state index contributed by atoms with van der Waals surface area (Å²) in [5.74, 6) is -21.5. The summed E-state index contributed by atoms with van der Waals surface area (Å²) < 4.78 is 5.60. The van der Waals surface area contributed by atoms with E-state index in [2.05, 4.69) is 0 Å². The number of likely N-dealkylation sites (N-methyl/N-ethyl adjacent to an activating group) is 2. The SMILES string of the molecule is CC(=O)O[C@H]1[C@H]2C(=C(O)c3c(ccc(C(C)=O)c3O)[C@@H]2C)C(=O)[C@]2(O)C(O)=C(C(N)=O)C(=O)[C@@H](N(C)C)[C@H]12.CC(=O)c1ccc2c(c1O)C(O)=C1C(=O)[C@]3(O)C(O)=C(C(N)=O)C(=O)[C@@H](N(C)C)[C@@H]3[C@@H](O)[C@@H]1[C@H]2C. The summed E-state index contributed by atoms with van der Waals surface area (Å²) in [4.78, 5) is 117. The second-order valence-electron chi connectivity index (χ2n) is 19.6. The van der Waals surface area contributed by atoms with Gasteiger partial charge in [-0.3, -0.25) is 53.0 Å². The predicted molar refractivity (Wildman–Crippen MR) is 250 cm³/mol. The van der Waals surface area contributed by atoms with Crippen molar-refractivity contribution in [1.29, 1.82) is 0 Å². The number of rotatable bonds is 7.